The predicted molar refractivity (Wildman–Crippen MR) is 117 cm³/mol. The van der Waals surface area contributed by atoms with Gasteiger partial charge < -0.3 is 19.8 Å². The summed E-state index contributed by atoms with van der Waals surface area (Å²) in [6.45, 7) is 15.7. The van der Waals surface area contributed by atoms with E-state index < -0.39 is 11.5 Å². The van der Waals surface area contributed by atoms with E-state index in [0.717, 1.165) is 50.3 Å². The smallest absolute Gasteiger partial charge is 0.314 e. The Labute approximate surface area is 177 Å². The van der Waals surface area contributed by atoms with Gasteiger partial charge in [0.25, 0.3) is 5.82 Å². The molecule has 0 spiro atoms. The topological polar surface area (TPSA) is 87.5 Å². The molecule has 160 valence electrons. The van der Waals surface area contributed by atoms with Crippen LogP contribution in [0.25, 0.3) is 4.85 Å². The van der Waals surface area contributed by atoms with E-state index in [1.165, 1.54) is 12.6 Å². The van der Waals surface area contributed by atoms with E-state index in [0.29, 0.717) is 12.3 Å². The average Bonchev–Trinajstić information content (AvgIpc) is 3.24. The highest BCUT2D eigenvalue weighted by atomic mass is 16.5. The van der Waals surface area contributed by atoms with Gasteiger partial charge in [0.05, 0.1) is 17.6 Å². The Morgan fingerprint density at radius 2 is 2.10 bits per heavy atom. The maximum Gasteiger partial charge on any atom is 0.314 e. The molecule has 8 nitrogen and oxygen atoms in total. The number of unbranched alkanes of at least 4 members (excludes halogenated alkanes) is 1. The van der Waals surface area contributed by atoms with Gasteiger partial charge in [-0.1, -0.05) is 19.9 Å². The Morgan fingerprint density at radius 3 is 2.77 bits per heavy atom. The Kier molecular flexibility index (Phi) is 7.06. The predicted octanol–water partition coefficient (Wildman–Crippen LogP) is 4.65. The highest BCUT2D eigenvalue weighted by molar-refractivity contribution is 6.03. The zero-order valence-corrected chi connectivity index (χ0v) is 18.0. The average molecular weight is 411 g/mol. The molecule has 1 amide bonds. The Balaban J connectivity index is 1.87. The fraction of sp³-hybridized carbons (Fsp3) is 0.545. The summed E-state index contributed by atoms with van der Waals surface area (Å²) in [5.41, 5.74) is 0.953. The maximum absolute atomic E-state index is 12.7. The van der Waals surface area contributed by atoms with Crippen LogP contribution in [-0.4, -0.2) is 40.6 Å². The van der Waals surface area contributed by atoms with Crippen LogP contribution in [0.4, 0.5) is 17.3 Å². The number of carbonyl (C=O) groups excluding carboxylic acids is 1. The largest absolute Gasteiger partial charge is 0.369 e. The highest BCUT2D eigenvalue weighted by Crippen LogP contribution is 2.32. The number of anilines is 2. The van der Waals surface area contributed by atoms with E-state index in [1.807, 2.05) is 26.0 Å². The number of rotatable bonds is 8. The van der Waals surface area contributed by atoms with Crippen molar-refractivity contribution in [3.63, 3.8) is 0 Å². The molecule has 0 unspecified atom stereocenters. The summed E-state index contributed by atoms with van der Waals surface area (Å²) in [5.74, 6) is 0.703. The number of carbonyl (C=O) groups is 1. The zero-order valence-electron chi connectivity index (χ0n) is 18.0. The zero-order chi connectivity index (χ0) is 21.6. The lowest BCUT2D eigenvalue weighted by atomic mass is 10.0. The van der Waals surface area contributed by atoms with Crippen LogP contribution in [-0.2, 0) is 10.3 Å². The van der Waals surface area contributed by atoms with E-state index in [9.17, 15) is 4.79 Å². The van der Waals surface area contributed by atoms with Crippen LogP contribution in [0, 0.1) is 6.57 Å². The van der Waals surface area contributed by atoms with Gasteiger partial charge >= 0.3 is 5.91 Å². The van der Waals surface area contributed by atoms with Gasteiger partial charge in [0, 0.05) is 19.7 Å². The molecular weight excluding hydrogens is 380 g/mol. The molecule has 2 aromatic rings. The molecule has 1 fully saturated rings. The monoisotopic (exact) mass is 410 g/mol. The number of H-pyrrole nitrogens is 1. The number of aromatic amines is 1. The molecule has 0 saturated carbocycles. The Morgan fingerprint density at radius 1 is 1.33 bits per heavy atom. The SMILES string of the molecule is [C-]#[N+]c1cnc(C(=O)Nc2ccc(C(C)(C)OCCCC)nc2N2CCCCC2)[nH]1. The summed E-state index contributed by atoms with van der Waals surface area (Å²) in [6.07, 6.45) is 6.84. The van der Waals surface area contributed by atoms with Crippen LogP contribution in [0.1, 0.15) is 69.2 Å². The number of aromatic nitrogens is 3. The number of amides is 1. The van der Waals surface area contributed by atoms with Crippen molar-refractivity contribution in [2.75, 3.05) is 29.9 Å². The summed E-state index contributed by atoms with van der Waals surface area (Å²) < 4.78 is 6.09. The van der Waals surface area contributed by atoms with Crippen molar-refractivity contribution >= 4 is 23.2 Å². The standard InChI is InChI=1S/C22H30N6O2/c1-5-6-14-30-22(2,3)17-11-10-16(20(26-17)28-12-8-7-9-13-28)25-21(29)19-24-15-18(23-4)27-19/h10-11,15H,5-9,12-14H2,1-3H3,(H,24,27)(H,25,29). The van der Waals surface area contributed by atoms with Crippen molar-refractivity contribution in [2.45, 2.75) is 58.5 Å². The summed E-state index contributed by atoms with van der Waals surface area (Å²) in [4.78, 5) is 29.8. The minimum Gasteiger partial charge on any atom is -0.369 e. The second kappa shape index (κ2) is 9.72. The van der Waals surface area contributed by atoms with Crippen LogP contribution in [0.3, 0.4) is 0 Å². The van der Waals surface area contributed by atoms with Gasteiger partial charge in [-0.3, -0.25) is 9.78 Å². The molecule has 0 radical (unpaired) electrons. The van der Waals surface area contributed by atoms with Crippen molar-refractivity contribution in [3.8, 4) is 0 Å². The molecule has 1 aliphatic heterocycles. The number of piperidine rings is 1. The molecule has 8 heteroatoms. The van der Waals surface area contributed by atoms with Gasteiger partial charge in [0.15, 0.2) is 5.82 Å². The van der Waals surface area contributed by atoms with Gasteiger partial charge in [-0.2, -0.15) is 0 Å². The second-order valence-corrected chi connectivity index (χ2v) is 8.01. The number of nitrogens with one attached hydrogen (secondary N) is 2. The number of hydrogen-bond acceptors (Lipinski definition) is 5. The molecule has 3 heterocycles. The maximum atomic E-state index is 12.7. The minimum absolute atomic E-state index is 0.109. The number of ether oxygens (including phenoxy) is 1. The normalized spacial score (nSPS) is 14.4. The molecule has 3 rings (SSSR count). The van der Waals surface area contributed by atoms with Gasteiger partial charge in [-0.05, 0) is 51.7 Å². The molecule has 2 N–H and O–H groups in total. The van der Waals surface area contributed by atoms with E-state index in [2.05, 4.69) is 32.0 Å². The van der Waals surface area contributed by atoms with E-state index in [4.69, 9.17) is 16.3 Å². The first kappa shape index (κ1) is 21.8. The van der Waals surface area contributed by atoms with Crippen molar-refractivity contribution in [2.24, 2.45) is 0 Å². The third-order valence-corrected chi connectivity index (χ3v) is 5.25. The van der Waals surface area contributed by atoms with Crippen molar-refractivity contribution in [1.82, 2.24) is 15.0 Å². The third-order valence-electron chi connectivity index (χ3n) is 5.25. The lowest BCUT2D eigenvalue weighted by Gasteiger charge is -2.32. The van der Waals surface area contributed by atoms with Crippen molar-refractivity contribution in [1.29, 1.82) is 0 Å². The first-order valence-electron chi connectivity index (χ1n) is 10.6. The number of nitrogens with zero attached hydrogens (tertiary/aromatic N) is 4. The fourth-order valence-electron chi connectivity index (χ4n) is 3.44. The Bertz CT molecular complexity index is 909. The molecule has 0 atom stereocenters. The summed E-state index contributed by atoms with van der Waals surface area (Å²) >= 11 is 0. The van der Waals surface area contributed by atoms with Gasteiger partial charge in [0.2, 0.25) is 5.82 Å². The third kappa shape index (κ3) is 5.16. The number of pyridine rings is 1. The number of imidazole rings is 1. The minimum atomic E-state index is -0.520. The van der Waals surface area contributed by atoms with Crippen LogP contribution in [0.5, 0.6) is 0 Å². The molecule has 0 aromatic carbocycles. The highest BCUT2D eigenvalue weighted by Gasteiger charge is 2.27. The van der Waals surface area contributed by atoms with Crippen LogP contribution < -0.4 is 10.2 Å². The lowest BCUT2D eigenvalue weighted by Crippen LogP contribution is -2.33. The molecule has 1 aliphatic rings. The molecule has 0 aliphatic carbocycles. The summed E-state index contributed by atoms with van der Waals surface area (Å²) in [7, 11) is 0. The van der Waals surface area contributed by atoms with E-state index in [1.54, 1.807) is 0 Å². The summed E-state index contributed by atoms with van der Waals surface area (Å²) in [6, 6.07) is 3.79. The lowest BCUT2D eigenvalue weighted by molar-refractivity contribution is -0.0259. The van der Waals surface area contributed by atoms with Crippen molar-refractivity contribution in [3.05, 3.63) is 41.3 Å². The van der Waals surface area contributed by atoms with E-state index >= 15 is 0 Å². The quantitative estimate of drug-likeness (QED) is 0.489. The number of hydrogen-bond donors (Lipinski definition) is 2. The van der Waals surface area contributed by atoms with E-state index in [-0.39, 0.29) is 11.6 Å². The van der Waals surface area contributed by atoms with Gasteiger partial charge in [0.1, 0.15) is 5.60 Å². The fourth-order valence-corrected chi connectivity index (χ4v) is 3.44. The first-order chi connectivity index (χ1) is 14.4. The molecule has 1 saturated heterocycles. The molecule has 2 aromatic heterocycles. The first-order valence-corrected chi connectivity index (χ1v) is 10.6. The molecule has 0 bridgehead atoms. The van der Waals surface area contributed by atoms with Crippen LogP contribution in [0.15, 0.2) is 18.3 Å². The molecular formula is C22H30N6O2. The van der Waals surface area contributed by atoms with Gasteiger partial charge in [-0.15, -0.1) is 0 Å². The van der Waals surface area contributed by atoms with Crippen LogP contribution >= 0.6 is 0 Å². The Hall–Kier alpha value is -2.92. The molecule has 30 heavy (non-hydrogen) atoms. The summed E-state index contributed by atoms with van der Waals surface area (Å²) in [5, 5.41) is 2.91. The van der Waals surface area contributed by atoms with Crippen molar-refractivity contribution < 1.29 is 9.53 Å². The van der Waals surface area contributed by atoms with Crippen LogP contribution in [0.2, 0.25) is 0 Å². The van der Waals surface area contributed by atoms with Gasteiger partial charge in [-0.25, -0.2) is 9.97 Å². The second-order valence-electron chi connectivity index (χ2n) is 8.01.